The summed E-state index contributed by atoms with van der Waals surface area (Å²) in [6, 6.07) is 13.6. The molecule has 2 aromatic rings. The Labute approximate surface area is 150 Å². The number of benzene rings is 2. The third-order valence-corrected chi connectivity index (χ3v) is 3.50. The maximum absolute atomic E-state index is 12.2. The van der Waals surface area contributed by atoms with Crippen molar-refractivity contribution in [2.24, 2.45) is 0 Å². The molecule has 0 heterocycles. The lowest BCUT2D eigenvalue weighted by molar-refractivity contribution is -0.112. The van der Waals surface area contributed by atoms with Crippen molar-refractivity contribution in [2.75, 3.05) is 24.9 Å². The molecule has 0 saturated carbocycles. The predicted octanol–water partition coefficient (Wildman–Crippen LogP) is 3.82. The van der Waals surface area contributed by atoms with Gasteiger partial charge in [0.15, 0.2) is 0 Å². The molecule has 0 aliphatic rings. The van der Waals surface area contributed by atoms with E-state index in [-0.39, 0.29) is 5.57 Å². The van der Waals surface area contributed by atoms with Gasteiger partial charge in [-0.15, -0.1) is 0 Å². The van der Waals surface area contributed by atoms with Crippen molar-refractivity contribution in [2.45, 2.75) is 0 Å². The number of hydrogen-bond acceptors (Lipinski definition) is 5. The number of methoxy groups -OCH3 is 2. The Kier molecular flexibility index (Phi) is 6.26. The lowest BCUT2D eigenvalue weighted by Gasteiger charge is -2.10. The number of rotatable bonds is 6. The lowest BCUT2D eigenvalue weighted by Crippen LogP contribution is -2.14. The van der Waals surface area contributed by atoms with Crippen LogP contribution < -0.4 is 20.1 Å². The summed E-state index contributed by atoms with van der Waals surface area (Å²) >= 11 is 5.80. The first-order valence-electron chi connectivity index (χ1n) is 7.23. The quantitative estimate of drug-likeness (QED) is 0.606. The van der Waals surface area contributed by atoms with Gasteiger partial charge in [0.2, 0.25) is 0 Å². The predicted molar refractivity (Wildman–Crippen MR) is 96.9 cm³/mol. The first-order valence-corrected chi connectivity index (χ1v) is 7.61. The van der Waals surface area contributed by atoms with Gasteiger partial charge in [-0.1, -0.05) is 11.6 Å². The maximum Gasteiger partial charge on any atom is 0.267 e. The van der Waals surface area contributed by atoms with E-state index in [0.29, 0.717) is 27.9 Å². The zero-order valence-corrected chi connectivity index (χ0v) is 14.4. The first-order chi connectivity index (χ1) is 12.1. The molecule has 0 aliphatic heterocycles. The molecule has 0 aliphatic carbocycles. The summed E-state index contributed by atoms with van der Waals surface area (Å²) in [6.45, 7) is 0. The monoisotopic (exact) mass is 357 g/mol. The summed E-state index contributed by atoms with van der Waals surface area (Å²) in [5.41, 5.74) is 1.00. The second kappa shape index (κ2) is 8.62. The molecule has 1 amide bonds. The Morgan fingerprint density at radius 3 is 2.48 bits per heavy atom. The van der Waals surface area contributed by atoms with E-state index in [1.165, 1.54) is 13.3 Å². The molecule has 0 fully saturated rings. The van der Waals surface area contributed by atoms with Crippen LogP contribution in [0.1, 0.15) is 0 Å². The van der Waals surface area contributed by atoms with E-state index in [9.17, 15) is 10.1 Å². The number of carbonyl (C=O) groups is 1. The number of carbonyl (C=O) groups excluding carboxylic acids is 1. The number of ether oxygens (including phenoxy) is 2. The van der Waals surface area contributed by atoms with Gasteiger partial charge in [-0.2, -0.15) is 5.26 Å². The average Bonchev–Trinajstić information content (AvgIpc) is 2.64. The van der Waals surface area contributed by atoms with Gasteiger partial charge in [-0.05, 0) is 36.4 Å². The fourth-order valence-electron chi connectivity index (χ4n) is 1.96. The highest BCUT2D eigenvalue weighted by atomic mass is 35.5. The summed E-state index contributed by atoms with van der Waals surface area (Å²) in [6.07, 6.45) is 1.31. The fraction of sp³-hybridized carbons (Fsp3) is 0.111. The fourth-order valence-corrected chi connectivity index (χ4v) is 2.08. The summed E-state index contributed by atoms with van der Waals surface area (Å²) < 4.78 is 10.4. The molecule has 6 nitrogen and oxygen atoms in total. The van der Waals surface area contributed by atoms with Gasteiger partial charge in [0.25, 0.3) is 5.91 Å². The van der Waals surface area contributed by atoms with E-state index in [0.717, 1.165) is 0 Å². The highest BCUT2D eigenvalue weighted by Crippen LogP contribution is 2.29. The number of amides is 1. The van der Waals surface area contributed by atoms with Crippen LogP contribution in [0.15, 0.2) is 54.2 Å². The molecule has 2 N–H and O–H groups in total. The Morgan fingerprint density at radius 1 is 1.16 bits per heavy atom. The van der Waals surface area contributed by atoms with Crippen molar-refractivity contribution in [1.82, 2.24) is 0 Å². The zero-order chi connectivity index (χ0) is 18.2. The van der Waals surface area contributed by atoms with Crippen LogP contribution in [0.5, 0.6) is 11.5 Å². The van der Waals surface area contributed by atoms with Crippen LogP contribution >= 0.6 is 11.6 Å². The maximum atomic E-state index is 12.2. The molecular weight excluding hydrogens is 342 g/mol. The number of nitrogens with one attached hydrogen (secondary N) is 2. The minimum absolute atomic E-state index is 0.0974. The molecule has 2 aromatic carbocycles. The molecular formula is C18H16ClN3O3. The van der Waals surface area contributed by atoms with E-state index in [2.05, 4.69) is 10.6 Å². The Morgan fingerprint density at radius 2 is 1.88 bits per heavy atom. The van der Waals surface area contributed by atoms with Crippen LogP contribution in [0.4, 0.5) is 11.4 Å². The third kappa shape index (κ3) is 4.90. The zero-order valence-electron chi connectivity index (χ0n) is 13.7. The van der Waals surface area contributed by atoms with Crippen LogP contribution in [-0.4, -0.2) is 20.1 Å². The number of hydrogen-bond donors (Lipinski definition) is 2. The lowest BCUT2D eigenvalue weighted by atomic mass is 10.2. The number of anilines is 2. The van der Waals surface area contributed by atoms with E-state index >= 15 is 0 Å². The molecule has 0 atom stereocenters. The summed E-state index contributed by atoms with van der Waals surface area (Å²) in [7, 11) is 3.07. The number of nitriles is 1. The SMILES string of the molecule is COc1ccc(OC)c(N/C=C(/C#N)C(=O)Nc2ccc(Cl)cc2)c1. The smallest absolute Gasteiger partial charge is 0.267 e. The standard InChI is InChI=1S/C18H16ClN3O3/c1-24-15-7-8-17(25-2)16(9-15)21-11-12(10-20)18(23)22-14-5-3-13(19)4-6-14/h3-9,11,21H,1-2H3,(H,22,23)/b12-11-. The molecule has 0 spiro atoms. The number of nitrogens with zero attached hydrogens (tertiary/aromatic N) is 1. The Hall–Kier alpha value is -3.17. The van der Waals surface area contributed by atoms with Gasteiger partial charge in [-0.3, -0.25) is 4.79 Å². The van der Waals surface area contributed by atoms with Crippen LogP contribution in [0.2, 0.25) is 5.02 Å². The van der Waals surface area contributed by atoms with Gasteiger partial charge in [0.1, 0.15) is 23.1 Å². The third-order valence-electron chi connectivity index (χ3n) is 3.25. The molecule has 0 aromatic heterocycles. The minimum atomic E-state index is -0.542. The van der Waals surface area contributed by atoms with E-state index in [1.54, 1.807) is 49.6 Å². The van der Waals surface area contributed by atoms with Crippen LogP contribution in [0, 0.1) is 11.3 Å². The van der Waals surface area contributed by atoms with Crippen molar-refractivity contribution in [3.63, 3.8) is 0 Å². The molecule has 0 bridgehead atoms. The van der Waals surface area contributed by atoms with Crippen molar-refractivity contribution >= 4 is 28.9 Å². The molecule has 128 valence electrons. The van der Waals surface area contributed by atoms with Crippen LogP contribution in [-0.2, 0) is 4.79 Å². The van der Waals surface area contributed by atoms with Crippen molar-refractivity contribution in [3.05, 3.63) is 59.3 Å². The summed E-state index contributed by atoms with van der Waals surface area (Å²) in [5.74, 6) is 0.618. The van der Waals surface area contributed by atoms with Gasteiger partial charge < -0.3 is 20.1 Å². The van der Waals surface area contributed by atoms with Gasteiger partial charge in [0.05, 0.1) is 19.9 Å². The average molecular weight is 358 g/mol. The van der Waals surface area contributed by atoms with E-state index in [4.69, 9.17) is 21.1 Å². The Balaban J connectivity index is 2.16. The molecule has 7 heteroatoms. The molecule has 2 rings (SSSR count). The highest BCUT2D eigenvalue weighted by molar-refractivity contribution is 6.30. The second-order valence-corrected chi connectivity index (χ2v) is 5.28. The summed E-state index contributed by atoms with van der Waals surface area (Å²) in [5, 5.41) is 15.3. The van der Waals surface area contributed by atoms with Gasteiger partial charge in [-0.25, -0.2) is 0 Å². The van der Waals surface area contributed by atoms with Gasteiger partial charge >= 0.3 is 0 Å². The van der Waals surface area contributed by atoms with E-state index < -0.39 is 5.91 Å². The molecule has 0 radical (unpaired) electrons. The Bertz CT molecular complexity index is 826. The van der Waals surface area contributed by atoms with E-state index in [1.807, 2.05) is 6.07 Å². The molecule has 0 unspecified atom stereocenters. The normalized spacial score (nSPS) is 10.6. The topological polar surface area (TPSA) is 83.4 Å². The summed E-state index contributed by atoms with van der Waals surface area (Å²) in [4.78, 5) is 12.2. The molecule has 0 saturated heterocycles. The van der Waals surface area contributed by atoms with Crippen LogP contribution in [0.3, 0.4) is 0 Å². The number of halogens is 1. The highest BCUT2D eigenvalue weighted by Gasteiger charge is 2.10. The van der Waals surface area contributed by atoms with Crippen molar-refractivity contribution < 1.29 is 14.3 Å². The first kappa shape index (κ1) is 18.2. The van der Waals surface area contributed by atoms with Crippen molar-refractivity contribution in [3.8, 4) is 17.6 Å². The minimum Gasteiger partial charge on any atom is -0.497 e. The second-order valence-electron chi connectivity index (χ2n) is 4.84. The van der Waals surface area contributed by atoms with Gasteiger partial charge in [0, 0.05) is 23.0 Å². The molecule has 25 heavy (non-hydrogen) atoms. The van der Waals surface area contributed by atoms with Crippen molar-refractivity contribution in [1.29, 1.82) is 5.26 Å². The van der Waals surface area contributed by atoms with Crippen LogP contribution in [0.25, 0.3) is 0 Å². The largest absolute Gasteiger partial charge is 0.497 e.